The van der Waals surface area contributed by atoms with Gasteiger partial charge in [-0.2, -0.15) is 0 Å². The number of aliphatic hydroxyl groups is 1. The number of hydrogen-bond donors (Lipinski definition) is 3. The minimum atomic E-state index is -1.05. The summed E-state index contributed by atoms with van der Waals surface area (Å²) >= 11 is 0. The van der Waals surface area contributed by atoms with Crippen molar-refractivity contribution in [2.45, 2.75) is 51.9 Å². The number of benzene rings is 2. The Morgan fingerprint density at radius 1 is 1.15 bits per heavy atom. The molecule has 0 saturated carbocycles. The topological polar surface area (TPSA) is 105 Å². The van der Waals surface area contributed by atoms with Gasteiger partial charge in [-0.25, -0.2) is 0 Å². The lowest BCUT2D eigenvalue weighted by molar-refractivity contribution is -0.125. The first-order valence-corrected chi connectivity index (χ1v) is 11.0. The number of phenolic OH excluding ortho intramolecular Hbond substituents is 2. The third-order valence-corrected chi connectivity index (χ3v) is 5.90. The molecule has 2 aromatic carbocycles. The lowest BCUT2D eigenvalue weighted by atomic mass is 9.83. The number of carbonyl (C=O) groups is 1. The van der Waals surface area contributed by atoms with Gasteiger partial charge in [0.05, 0.1) is 12.7 Å². The summed E-state index contributed by atoms with van der Waals surface area (Å²) in [5.41, 5.74) is 1.49. The van der Waals surface area contributed by atoms with E-state index in [-0.39, 0.29) is 22.8 Å². The Bertz CT molecular complexity index is 1120. The number of carbonyl (C=O) groups excluding carboxylic acids is 1. The van der Waals surface area contributed by atoms with Gasteiger partial charge in [0.2, 0.25) is 0 Å². The smallest absolute Gasteiger partial charge is 0.193 e. The number of methoxy groups -OCH3 is 2. The molecule has 0 bridgehead atoms. The molecule has 182 valence electrons. The average Bonchev–Trinajstić information content (AvgIpc) is 2.78. The van der Waals surface area contributed by atoms with Crippen LogP contribution in [0.5, 0.6) is 23.0 Å². The summed E-state index contributed by atoms with van der Waals surface area (Å²) < 4.78 is 17.4. The molecular formula is C27H32O7. The maximum absolute atomic E-state index is 13.3. The largest absolute Gasteiger partial charge is 0.508 e. The molecule has 7 nitrogen and oxygen atoms in total. The van der Waals surface area contributed by atoms with E-state index in [9.17, 15) is 20.1 Å². The Kier molecular flexibility index (Phi) is 7.38. The van der Waals surface area contributed by atoms with Crippen LogP contribution in [-0.4, -0.2) is 47.0 Å². The number of ether oxygens (including phenoxy) is 3. The van der Waals surface area contributed by atoms with Crippen molar-refractivity contribution in [2.75, 3.05) is 14.2 Å². The van der Waals surface area contributed by atoms with E-state index in [0.29, 0.717) is 28.9 Å². The van der Waals surface area contributed by atoms with Crippen LogP contribution in [-0.2, 0) is 11.2 Å². The lowest BCUT2D eigenvalue weighted by Crippen LogP contribution is -2.49. The van der Waals surface area contributed by atoms with E-state index >= 15 is 0 Å². The predicted octanol–water partition coefficient (Wildman–Crippen LogP) is 4.73. The molecule has 0 aliphatic carbocycles. The van der Waals surface area contributed by atoms with Crippen molar-refractivity contribution in [3.05, 3.63) is 64.2 Å². The summed E-state index contributed by atoms with van der Waals surface area (Å²) in [5.74, 6) is -0.176. The van der Waals surface area contributed by atoms with Crippen LogP contribution in [0.4, 0.5) is 0 Å². The number of hydrogen-bond acceptors (Lipinski definition) is 7. The van der Waals surface area contributed by atoms with Crippen LogP contribution >= 0.6 is 0 Å². The molecule has 3 N–H and O–H groups in total. The van der Waals surface area contributed by atoms with E-state index in [2.05, 4.69) is 0 Å². The minimum Gasteiger partial charge on any atom is -0.508 e. The van der Waals surface area contributed by atoms with E-state index in [1.54, 1.807) is 32.1 Å². The van der Waals surface area contributed by atoms with Crippen LogP contribution in [0.15, 0.2) is 42.0 Å². The van der Waals surface area contributed by atoms with Crippen LogP contribution in [0.25, 0.3) is 6.08 Å². The van der Waals surface area contributed by atoms with Crippen LogP contribution in [0, 0.1) is 0 Å². The van der Waals surface area contributed by atoms with Crippen LogP contribution in [0.3, 0.4) is 0 Å². The van der Waals surface area contributed by atoms with Crippen molar-refractivity contribution in [2.24, 2.45) is 0 Å². The second-order valence-corrected chi connectivity index (χ2v) is 9.06. The van der Waals surface area contributed by atoms with Crippen molar-refractivity contribution in [3.63, 3.8) is 0 Å². The molecule has 0 spiro atoms. The molecule has 2 aromatic rings. The number of ketones is 1. The quantitative estimate of drug-likeness (QED) is 0.306. The number of fused-ring (bicyclic) bond motifs is 1. The highest BCUT2D eigenvalue weighted by Gasteiger charge is 2.47. The lowest BCUT2D eigenvalue weighted by Gasteiger charge is -2.43. The van der Waals surface area contributed by atoms with Gasteiger partial charge < -0.3 is 29.5 Å². The van der Waals surface area contributed by atoms with E-state index in [4.69, 9.17) is 14.2 Å². The van der Waals surface area contributed by atoms with Gasteiger partial charge in [-0.15, -0.1) is 0 Å². The monoisotopic (exact) mass is 468 g/mol. The fourth-order valence-corrected chi connectivity index (χ4v) is 4.01. The number of allylic oxidation sites excluding steroid dienone is 3. The van der Waals surface area contributed by atoms with Crippen molar-refractivity contribution < 1.29 is 34.3 Å². The molecule has 1 aliphatic rings. The van der Waals surface area contributed by atoms with Gasteiger partial charge in [-0.05, 0) is 57.9 Å². The SMILES string of the molecule is COc1c(C(=O)C=Cc2ccc(O)cc2)c(O)c(CC=C(C)C)c2c1[C@H](OC)[C@H](O)C(C)(C)O2. The van der Waals surface area contributed by atoms with E-state index in [1.807, 2.05) is 19.9 Å². The summed E-state index contributed by atoms with van der Waals surface area (Å²) in [5, 5.41) is 31.7. The molecule has 0 fully saturated rings. The molecule has 0 amide bonds. The van der Waals surface area contributed by atoms with Crippen LogP contribution < -0.4 is 9.47 Å². The van der Waals surface area contributed by atoms with Gasteiger partial charge >= 0.3 is 0 Å². The highest BCUT2D eigenvalue weighted by atomic mass is 16.5. The highest BCUT2D eigenvalue weighted by molar-refractivity contribution is 6.11. The zero-order valence-electron chi connectivity index (χ0n) is 20.4. The van der Waals surface area contributed by atoms with Crippen molar-refractivity contribution in [1.29, 1.82) is 0 Å². The molecule has 1 aliphatic heterocycles. The normalized spacial score (nSPS) is 18.8. The zero-order chi connectivity index (χ0) is 25.2. The maximum atomic E-state index is 13.3. The number of aliphatic hydroxyl groups excluding tert-OH is 1. The first kappa shape index (κ1) is 25.3. The zero-order valence-corrected chi connectivity index (χ0v) is 20.4. The van der Waals surface area contributed by atoms with Gasteiger partial charge in [0.15, 0.2) is 5.78 Å². The van der Waals surface area contributed by atoms with E-state index in [1.165, 1.54) is 32.4 Å². The van der Waals surface area contributed by atoms with Crippen LogP contribution in [0.1, 0.15) is 60.8 Å². The molecule has 34 heavy (non-hydrogen) atoms. The van der Waals surface area contributed by atoms with E-state index < -0.39 is 23.6 Å². The number of aromatic hydroxyl groups is 2. The summed E-state index contributed by atoms with van der Waals surface area (Å²) in [6, 6.07) is 6.36. The first-order chi connectivity index (χ1) is 16.0. The van der Waals surface area contributed by atoms with Crippen molar-refractivity contribution >= 4 is 11.9 Å². The second-order valence-electron chi connectivity index (χ2n) is 9.06. The summed E-state index contributed by atoms with van der Waals surface area (Å²) in [7, 11) is 2.86. The number of rotatable bonds is 7. The molecule has 0 unspecified atom stereocenters. The molecule has 7 heteroatoms. The predicted molar refractivity (Wildman–Crippen MR) is 130 cm³/mol. The van der Waals surface area contributed by atoms with E-state index in [0.717, 1.165) is 5.57 Å². The molecule has 0 aromatic heterocycles. The molecule has 2 atom stereocenters. The number of phenols is 2. The Morgan fingerprint density at radius 3 is 2.35 bits per heavy atom. The standard InChI is InChI=1S/C27H32O7/c1-15(2)7-13-18-22(30)20(19(29)14-10-16-8-11-17(28)12-9-16)24(32-5)21-23(18)34-27(3,4)26(31)25(21)33-6/h7-12,14,25-26,28,30-31H,13H2,1-6H3/t25-,26-/m0/s1. The van der Waals surface area contributed by atoms with Crippen molar-refractivity contribution in [1.82, 2.24) is 0 Å². The Labute approximate surface area is 199 Å². The maximum Gasteiger partial charge on any atom is 0.193 e. The Balaban J connectivity index is 2.24. The first-order valence-electron chi connectivity index (χ1n) is 11.0. The van der Waals surface area contributed by atoms with Crippen LogP contribution in [0.2, 0.25) is 0 Å². The average molecular weight is 469 g/mol. The highest BCUT2D eigenvalue weighted by Crippen LogP contribution is 2.53. The fourth-order valence-electron chi connectivity index (χ4n) is 4.01. The molecule has 0 radical (unpaired) electrons. The summed E-state index contributed by atoms with van der Waals surface area (Å²) in [6.45, 7) is 7.35. The van der Waals surface area contributed by atoms with Gasteiger partial charge in [0.1, 0.15) is 46.4 Å². The third kappa shape index (κ3) is 4.81. The molecule has 1 heterocycles. The second kappa shape index (κ2) is 9.91. The Morgan fingerprint density at radius 2 is 1.79 bits per heavy atom. The third-order valence-electron chi connectivity index (χ3n) is 5.90. The molecule has 0 saturated heterocycles. The van der Waals surface area contributed by atoms with Crippen molar-refractivity contribution in [3.8, 4) is 23.0 Å². The minimum absolute atomic E-state index is 0.0361. The van der Waals surface area contributed by atoms with Gasteiger partial charge in [-0.3, -0.25) is 4.79 Å². The van der Waals surface area contributed by atoms with Gasteiger partial charge in [-0.1, -0.05) is 29.9 Å². The summed E-state index contributed by atoms with van der Waals surface area (Å²) in [4.78, 5) is 13.3. The Hall–Kier alpha value is -3.29. The van der Waals surface area contributed by atoms with Gasteiger partial charge in [0.25, 0.3) is 0 Å². The van der Waals surface area contributed by atoms with Gasteiger partial charge in [0, 0.05) is 12.7 Å². The fraction of sp³-hybridized carbons (Fsp3) is 0.370. The summed E-state index contributed by atoms with van der Waals surface area (Å²) in [6.07, 6.45) is 3.25. The molecular weight excluding hydrogens is 436 g/mol. The molecule has 3 rings (SSSR count).